The molecule has 0 aliphatic carbocycles. The SMILES string of the molecule is Cc1ccc(O[P+](=O)N(OC[C@H]2OC(n3ccc(=O)[nH]c3=O)[C@](C)(F)[C@@H]2O)C(C)C(=O)OC(C)C)cc1. The minimum Gasteiger partial charge on any atom is -0.462 e. The van der Waals surface area contributed by atoms with Crippen LogP contribution >= 0.6 is 8.18 Å². The number of hydrogen-bond donors (Lipinski definition) is 2. The van der Waals surface area contributed by atoms with Crippen LogP contribution in [0.4, 0.5) is 4.39 Å². The van der Waals surface area contributed by atoms with Gasteiger partial charge in [0.2, 0.25) is 0 Å². The van der Waals surface area contributed by atoms with Gasteiger partial charge in [0.25, 0.3) is 5.56 Å². The highest BCUT2D eigenvalue weighted by molar-refractivity contribution is 7.36. The molecular formula is C23H30FN3O9P+. The number of rotatable bonds is 10. The smallest absolute Gasteiger partial charge is 0.462 e. The maximum absolute atomic E-state index is 15.5. The van der Waals surface area contributed by atoms with E-state index in [9.17, 15) is 24.1 Å². The summed E-state index contributed by atoms with van der Waals surface area (Å²) >= 11 is 0. The van der Waals surface area contributed by atoms with E-state index in [1.807, 2.05) is 11.9 Å². The molecule has 1 saturated heterocycles. The third-order valence-electron chi connectivity index (χ3n) is 5.58. The second-order valence-corrected chi connectivity index (χ2v) is 10.1. The fourth-order valence-corrected chi connectivity index (χ4v) is 4.48. The largest absolute Gasteiger partial charge is 0.693 e. The van der Waals surface area contributed by atoms with Gasteiger partial charge in [-0.25, -0.2) is 13.7 Å². The van der Waals surface area contributed by atoms with E-state index in [4.69, 9.17) is 18.8 Å². The van der Waals surface area contributed by atoms with Gasteiger partial charge < -0.3 is 14.6 Å². The van der Waals surface area contributed by atoms with Gasteiger partial charge >= 0.3 is 19.8 Å². The molecule has 0 bridgehead atoms. The molecule has 0 spiro atoms. The molecule has 0 amide bonds. The molecule has 0 radical (unpaired) electrons. The average molecular weight is 542 g/mol. The first-order chi connectivity index (χ1) is 17.3. The molecule has 2 aromatic rings. The van der Waals surface area contributed by atoms with Crippen LogP contribution in [0.25, 0.3) is 0 Å². The third-order valence-corrected chi connectivity index (χ3v) is 6.73. The lowest BCUT2D eigenvalue weighted by atomic mass is 9.98. The van der Waals surface area contributed by atoms with E-state index in [0.717, 1.165) is 34.2 Å². The third kappa shape index (κ3) is 6.68. The number of benzene rings is 1. The molecule has 3 unspecified atom stereocenters. The molecule has 12 nitrogen and oxygen atoms in total. The summed E-state index contributed by atoms with van der Waals surface area (Å²) < 4.78 is 45.5. The average Bonchev–Trinajstić information content (AvgIpc) is 3.03. The summed E-state index contributed by atoms with van der Waals surface area (Å²) in [4.78, 5) is 44.4. The van der Waals surface area contributed by atoms with Crippen molar-refractivity contribution in [3.05, 3.63) is 62.9 Å². The van der Waals surface area contributed by atoms with Gasteiger partial charge in [-0.1, -0.05) is 17.7 Å². The highest BCUT2D eigenvalue weighted by atomic mass is 31.1. The molecule has 37 heavy (non-hydrogen) atoms. The van der Waals surface area contributed by atoms with Gasteiger partial charge in [0.1, 0.15) is 18.8 Å². The highest BCUT2D eigenvalue weighted by Gasteiger charge is 2.56. The Hall–Kier alpha value is -2.96. The van der Waals surface area contributed by atoms with Gasteiger partial charge in [0, 0.05) is 16.8 Å². The maximum atomic E-state index is 15.5. The van der Waals surface area contributed by atoms with Crippen LogP contribution in [0.1, 0.15) is 39.5 Å². The number of aliphatic hydroxyl groups is 1. The normalized spacial score (nSPS) is 24.8. The molecule has 3 rings (SSSR count). The van der Waals surface area contributed by atoms with Gasteiger partial charge in [-0.15, -0.1) is 0 Å². The number of halogens is 1. The fourth-order valence-electron chi connectivity index (χ4n) is 3.56. The number of aromatic amines is 1. The molecule has 2 N–H and O–H groups in total. The molecule has 1 aliphatic heterocycles. The topological polar surface area (TPSA) is 149 Å². The van der Waals surface area contributed by atoms with Crippen LogP contribution < -0.4 is 15.8 Å². The first-order valence-corrected chi connectivity index (χ1v) is 12.6. The standard InChI is InChI=1S/C23H29FN3O9P/c1-13(2)34-20(30)15(4)27(37(32)36-16-8-6-14(3)7-9-16)33-12-17-19(29)23(5,24)21(35-17)26-11-10-18(28)25-22(26)31/h6-11,13,15,17,19,21,29H,12H2,1-5H3/p+1/t15?,17-,19-,21?,23-/m1/s1. The molecule has 0 saturated carbocycles. The number of nitrogens with zero attached hydrogens (tertiary/aromatic N) is 2. The summed E-state index contributed by atoms with van der Waals surface area (Å²) in [5.41, 5.74) is -3.14. The number of H-pyrrole nitrogens is 1. The lowest BCUT2D eigenvalue weighted by molar-refractivity contribution is -0.183. The van der Waals surface area contributed by atoms with E-state index in [0.29, 0.717) is 0 Å². The van der Waals surface area contributed by atoms with E-state index in [1.165, 1.54) is 6.92 Å². The number of hydroxylamine groups is 1. The first-order valence-electron chi connectivity index (χ1n) is 11.5. The summed E-state index contributed by atoms with van der Waals surface area (Å²) in [6, 6.07) is 6.44. The van der Waals surface area contributed by atoms with Gasteiger partial charge in [0.15, 0.2) is 23.7 Å². The number of nitrogens with one attached hydrogen (secondary N) is 1. The molecule has 202 valence electrons. The van der Waals surface area contributed by atoms with E-state index in [2.05, 4.69) is 0 Å². The second-order valence-electron chi connectivity index (χ2n) is 9.04. The van der Waals surface area contributed by atoms with Crippen LogP contribution in [0.3, 0.4) is 0 Å². The Morgan fingerprint density at radius 2 is 1.92 bits per heavy atom. The molecule has 1 aliphatic rings. The zero-order chi connectivity index (χ0) is 27.5. The summed E-state index contributed by atoms with van der Waals surface area (Å²) in [5, 5.41) is 10.6. The van der Waals surface area contributed by atoms with Gasteiger partial charge in [0.05, 0.1) is 10.9 Å². The van der Waals surface area contributed by atoms with Crippen molar-refractivity contribution in [2.45, 2.75) is 70.9 Å². The zero-order valence-corrected chi connectivity index (χ0v) is 21.9. The Balaban J connectivity index is 1.80. The fraction of sp³-hybridized carbons (Fsp3) is 0.522. The van der Waals surface area contributed by atoms with Crippen molar-refractivity contribution in [2.75, 3.05) is 6.61 Å². The number of hydrogen-bond acceptors (Lipinski definition) is 9. The summed E-state index contributed by atoms with van der Waals surface area (Å²) in [5.74, 6) is -0.512. The molecular weight excluding hydrogens is 512 g/mol. The number of aliphatic hydroxyl groups excluding tert-OH is 1. The van der Waals surface area contributed by atoms with Gasteiger partial charge in [-0.05, 0) is 46.8 Å². The molecule has 1 aromatic heterocycles. The van der Waals surface area contributed by atoms with Crippen molar-refractivity contribution in [1.82, 2.24) is 14.4 Å². The molecule has 6 atom stereocenters. The Morgan fingerprint density at radius 3 is 2.51 bits per heavy atom. The van der Waals surface area contributed by atoms with Crippen LogP contribution in [-0.4, -0.2) is 62.1 Å². The van der Waals surface area contributed by atoms with E-state index in [-0.39, 0.29) is 5.75 Å². The minimum atomic E-state index is -2.81. The van der Waals surface area contributed by atoms with E-state index < -0.39 is 68.3 Å². The summed E-state index contributed by atoms with van der Waals surface area (Å²) in [6.45, 7) is 6.99. The Bertz CT molecular complexity index is 1230. The van der Waals surface area contributed by atoms with Crippen LogP contribution in [0, 0.1) is 6.92 Å². The van der Waals surface area contributed by atoms with Crippen molar-refractivity contribution in [3.63, 3.8) is 0 Å². The Kier molecular flexibility index (Phi) is 8.98. The minimum absolute atomic E-state index is 0.246. The zero-order valence-electron chi connectivity index (χ0n) is 21.0. The number of aryl methyl sites for hydroxylation is 1. The van der Waals surface area contributed by atoms with Crippen molar-refractivity contribution in [3.8, 4) is 5.75 Å². The van der Waals surface area contributed by atoms with E-state index >= 15 is 4.39 Å². The molecule has 2 heterocycles. The van der Waals surface area contributed by atoms with Crippen molar-refractivity contribution in [1.29, 1.82) is 0 Å². The van der Waals surface area contributed by atoms with Gasteiger partial charge in [-0.3, -0.25) is 24.0 Å². The Morgan fingerprint density at radius 1 is 1.27 bits per heavy atom. The van der Waals surface area contributed by atoms with Crippen molar-refractivity contribution >= 4 is 14.1 Å². The first kappa shape index (κ1) is 28.6. The van der Waals surface area contributed by atoms with Gasteiger partial charge in [-0.2, -0.15) is 0 Å². The quantitative estimate of drug-likeness (QED) is 0.260. The number of alkyl halides is 1. The highest BCUT2D eigenvalue weighted by Crippen LogP contribution is 2.41. The molecule has 1 fully saturated rings. The number of aromatic nitrogens is 2. The van der Waals surface area contributed by atoms with Crippen LogP contribution in [0.5, 0.6) is 5.75 Å². The predicted octanol–water partition coefficient (Wildman–Crippen LogP) is 2.14. The summed E-state index contributed by atoms with van der Waals surface area (Å²) in [6.07, 6.45) is -4.15. The number of esters is 1. The molecule has 14 heteroatoms. The van der Waals surface area contributed by atoms with Crippen molar-refractivity contribution in [2.24, 2.45) is 0 Å². The number of carbonyl (C=O) groups excluding carboxylic acids is 1. The summed E-state index contributed by atoms with van der Waals surface area (Å²) in [7, 11) is -2.81. The lowest BCUT2D eigenvalue weighted by Gasteiger charge is -2.24. The van der Waals surface area contributed by atoms with E-state index in [1.54, 1.807) is 38.1 Å². The van der Waals surface area contributed by atoms with Crippen molar-refractivity contribution < 1.29 is 37.7 Å². The van der Waals surface area contributed by atoms with Crippen LogP contribution in [0.15, 0.2) is 46.1 Å². The molecule has 1 aromatic carbocycles. The monoisotopic (exact) mass is 542 g/mol. The van der Waals surface area contributed by atoms with Crippen LogP contribution in [0.2, 0.25) is 0 Å². The second kappa shape index (κ2) is 11.6. The maximum Gasteiger partial charge on any atom is 0.693 e. The number of ether oxygens (including phenoxy) is 2. The van der Waals surface area contributed by atoms with Crippen LogP contribution in [-0.2, 0) is 23.7 Å². The predicted molar refractivity (Wildman–Crippen MR) is 129 cm³/mol. The lowest BCUT2D eigenvalue weighted by Crippen LogP contribution is -2.44. The Labute approximate surface area is 212 Å². The number of carbonyl (C=O) groups is 1.